The average molecular weight is 295 g/mol. The predicted octanol–water partition coefficient (Wildman–Crippen LogP) is 0.554. The van der Waals surface area contributed by atoms with Crippen molar-refractivity contribution in [1.29, 1.82) is 0 Å². The van der Waals surface area contributed by atoms with Crippen molar-refractivity contribution in [1.82, 2.24) is 15.1 Å². The summed E-state index contributed by atoms with van der Waals surface area (Å²) in [6.45, 7) is 3.64. The number of hydrogen-bond acceptors (Lipinski definition) is 5. The maximum atomic E-state index is 11.7. The maximum absolute atomic E-state index is 11.7. The Balaban J connectivity index is 2.49. The van der Waals surface area contributed by atoms with E-state index in [2.05, 4.69) is 10.4 Å². The number of carboxylic acid groups (broad SMARTS) is 1. The minimum atomic E-state index is -1.11. The molecule has 1 aromatic rings. The van der Waals surface area contributed by atoms with Gasteiger partial charge in [-0.1, -0.05) is 0 Å². The number of aryl methyl sites for hydroxylation is 1. The van der Waals surface area contributed by atoms with E-state index in [9.17, 15) is 14.4 Å². The highest BCUT2D eigenvalue weighted by molar-refractivity contribution is 5.86. The van der Waals surface area contributed by atoms with Crippen LogP contribution in [0, 0.1) is 0 Å². The second kappa shape index (κ2) is 7.83. The van der Waals surface area contributed by atoms with E-state index in [1.54, 1.807) is 13.8 Å². The molecule has 0 bridgehead atoms. The fraction of sp³-hybridized carbons (Fsp3) is 0.385. The monoisotopic (exact) mass is 295 g/mol. The van der Waals surface area contributed by atoms with Crippen LogP contribution in [-0.4, -0.2) is 39.3 Å². The van der Waals surface area contributed by atoms with Crippen LogP contribution in [-0.2, 0) is 20.9 Å². The molecule has 8 nitrogen and oxygen atoms in total. The summed E-state index contributed by atoms with van der Waals surface area (Å²) in [6, 6.07) is 1.35. The Morgan fingerprint density at radius 2 is 2.19 bits per heavy atom. The van der Waals surface area contributed by atoms with Crippen LogP contribution in [0.2, 0.25) is 0 Å². The van der Waals surface area contributed by atoms with Gasteiger partial charge in [0.15, 0.2) is 0 Å². The molecule has 0 unspecified atom stereocenters. The lowest BCUT2D eigenvalue weighted by atomic mass is 10.3. The van der Waals surface area contributed by atoms with Gasteiger partial charge in [-0.25, -0.2) is 9.59 Å². The number of aromatic nitrogens is 2. The number of carbonyl (C=O) groups excluding carboxylic acids is 2. The van der Waals surface area contributed by atoms with E-state index in [1.165, 1.54) is 23.0 Å². The van der Waals surface area contributed by atoms with Gasteiger partial charge in [-0.2, -0.15) is 5.10 Å². The topological polar surface area (TPSA) is 111 Å². The average Bonchev–Trinajstić information content (AvgIpc) is 2.84. The summed E-state index contributed by atoms with van der Waals surface area (Å²) in [6.07, 6.45) is 2.57. The van der Waals surface area contributed by atoms with E-state index in [0.29, 0.717) is 5.70 Å². The number of carboxylic acids is 1. The number of esters is 1. The highest BCUT2D eigenvalue weighted by atomic mass is 16.5. The maximum Gasteiger partial charge on any atom is 0.354 e. The molecule has 1 heterocycles. The summed E-state index contributed by atoms with van der Waals surface area (Å²) in [5.41, 5.74) is 0.374. The molecule has 0 saturated carbocycles. The highest BCUT2D eigenvalue weighted by Gasteiger charge is 2.11. The Labute approximate surface area is 121 Å². The lowest BCUT2D eigenvalue weighted by molar-refractivity contribution is -0.137. The van der Waals surface area contributed by atoms with Gasteiger partial charge in [0.25, 0.3) is 0 Å². The molecule has 0 spiro atoms. The number of hydrogen-bond donors (Lipinski definition) is 2. The molecule has 2 N–H and O–H groups in total. The van der Waals surface area contributed by atoms with Crippen LogP contribution in [0.3, 0.4) is 0 Å². The molecule has 21 heavy (non-hydrogen) atoms. The van der Waals surface area contributed by atoms with Gasteiger partial charge in [-0.05, 0) is 19.9 Å². The number of nitrogens with one attached hydrogen (secondary N) is 1. The quantitative estimate of drug-likeness (QED) is 0.561. The summed E-state index contributed by atoms with van der Waals surface area (Å²) in [7, 11) is 0. The van der Waals surface area contributed by atoms with Crippen LogP contribution in [0.1, 0.15) is 30.8 Å². The minimum absolute atomic E-state index is 0.0154. The molecule has 0 radical (unpaired) electrons. The Bertz CT molecular complexity index is 562. The molecule has 0 fully saturated rings. The van der Waals surface area contributed by atoms with Crippen molar-refractivity contribution >= 4 is 17.8 Å². The number of nitrogens with zero attached hydrogens (tertiary/aromatic N) is 2. The second-order valence-electron chi connectivity index (χ2n) is 4.12. The summed E-state index contributed by atoms with van der Waals surface area (Å²) < 4.78 is 5.94. The van der Waals surface area contributed by atoms with Crippen molar-refractivity contribution in [2.45, 2.75) is 26.8 Å². The summed E-state index contributed by atoms with van der Waals surface area (Å²) in [4.78, 5) is 33.7. The SMILES string of the molecule is CCOC(=O)/C=C(\C)NC(=O)CCn1nccc1C(=O)O. The van der Waals surface area contributed by atoms with Crippen LogP contribution < -0.4 is 5.32 Å². The zero-order chi connectivity index (χ0) is 15.8. The number of ether oxygens (including phenoxy) is 1. The Hall–Kier alpha value is -2.64. The predicted molar refractivity (Wildman–Crippen MR) is 72.3 cm³/mol. The summed E-state index contributed by atoms with van der Waals surface area (Å²) in [5.74, 6) is -1.98. The first-order chi connectivity index (χ1) is 9.93. The van der Waals surface area contributed by atoms with Gasteiger partial charge < -0.3 is 15.2 Å². The first kappa shape index (κ1) is 16.4. The molecule has 8 heteroatoms. The fourth-order valence-corrected chi connectivity index (χ4v) is 1.58. The smallest absolute Gasteiger partial charge is 0.354 e. The van der Waals surface area contributed by atoms with E-state index in [4.69, 9.17) is 9.84 Å². The van der Waals surface area contributed by atoms with Gasteiger partial charge in [0.2, 0.25) is 5.91 Å². The molecular formula is C13H17N3O5. The second-order valence-corrected chi connectivity index (χ2v) is 4.12. The molecule has 1 aromatic heterocycles. The molecule has 0 atom stereocenters. The van der Waals surface area contributed by atoms with Crippen molar-refractivity contribution in [2.24, 2.45) is 0 Å². The Morgan fingerprint density at radius 1 is 1.48 bits per heavy atom. The van der Waals surface area contributed by atoms with Gasteiger partial charge >= 0.3 is 11.9 Å². The van der Waals surface area contributed by atoms with E-state index in [0.717, 1.165) is 0 Å². The first-order valence-corrected chi connectivity index (χ1v) is 6.34. The van der Waals surface area contributed by atoms with Gasteiger partial charge in [0.1, 0.15) is 5.69 Å². The van der Waals surface area contributed by atoms with Crippen LogP contribution in [0.4, 0.5) is 0 Å². The van der Waals surface area contributed by atoms with Crippen molar-refractivity contribution in [3.63, 3.8) is 0 Å². The van der Waals surface area contributed by atoms with Gasteiger partial charge in [0, 0.05) is 24.4 Å². The lowest BCUT2D eigenvalue weighted by Gasteiger charge is -2.07. The molecule has 0 aliphatic carbocycles. The standard InChI is InChI=1S/C13H17N3O5/c1-3-21-12(18)8-9(2)15-11(17)5-7-16-10(13(19)20)4-6-14-16/h4,6,8H,3,5,7H2,1-2H3,(H,15,17)(H,19,20)/b9-8+. The number of aromatic carboxylic acids is 1. The van der Waals surface area contributed by atoms with Crippen LogP contribution in [0.5, 0.6) is 0 Å². The highest BCUT2D eigenvalue weighted by Crippen LogP contribution is 2.01. The fourth-order valence-electron chi connectivity index (χ4n) is 1.58. The third kappa shape index (κ3) is 5.47. The molecule has 1 amide bonds. The van der Waals surface area contributed by atoms with Crippen molar-refractivity contribution in [3.8, 4) is 0 Å². The molecule has 0 aliphatic rings. The third-order valence-corrected chi connectivity index (χ3v) is 2.44. The minimum Gasteiger partial charge on any atom is -0.477 e. The normalized spacial score (nSPS) is 11.0. The van der Waals surface area contributed by atoms with E-state index < -0.39 is 11.9 Å². The summed E-state index contributed by atoms with van der Waals surface area (Å²) >= 11 is 0. The van der Waals surface area contributed by atoms with E-state index in [-0.39, 0.29) is 31.2 Å². The van der Waals surface area contributed by atoms with Crippen molar-refractivity contribution < 1.29 is 24.2 Å². The molecule has 1 rings (SSSR count). The zero-order valence-electron chi connectivity index (χ0n) is 11.8. The first-order valence-electron chi connectivity index (χ1n) is 6.34. The molecule has 0 saturated heterocycles. The number of carbonyl (C=O) groups is 3. The molecule has 114 valence electrons. The number of rotatable bonds is 7. The van der Waals surface area contributed by atoms with Crippen molar-refractivity contribution in [3.05, 3.63) is 29.7 Å². The molecular weight excluding hydrogens is 278 g/mol. The van der Waals surface area contributed by atoms with Gasteiger partial charge in [-0.3, -0.25) is 9.48 Å². The van der Waals surface area contributed by atoms with Crippen LogP contribution in [0.25, 0.3) is 0 Å². The Kier molecular flexibility index (Phi) is 6.12. The van der Waals surface area contributed by atoms with Crippen molar-refractivity contribution in [2.75, 3.05) is 6.61 Å². The molecule has 0 aliphatic heterocycles. The summed E-state index contributed by atoms with van der Waals surface area (Å²) in [5, 5.41) is 15.2. The number of amides is 1. The van der Waals surface area contributed by atoms with Crippen LogP contribution >= 0.6 is 0 Å². The zero-order valence-corrected chi connectivity index (χ0v) is 11.8. The molecule has 0 aromatic carbocycles. The van der Waals surface area contributed by atoms with E-state index >= 15 is 0 Å². The van der Waals surface area contributed by atoms with Crippen LogP contribution in [0.15, 0.2) is 24.0 Å². The van der Waals surface area contributed by atoms with E-state index in [1.807, 2.05) is 0 Å². The lowest BCUT2D eigenvalue weighted by Crippen LogP contribution is -2.24. The third-order valence-electron chi connectivity index (χ3n) is 2.44. The Morgan fingerprint density at radius 3 is 2.81 bits per heavy atom. The van der Waals surface area contributed by atoms with Gasteiger partial charge in [-0.15, -0.1) is 0 Å². The van der Waals surface area contributed by atoms with Gasteiger partial charge in [0.05, 0.1) is 13.2 Å². The largest absolute Gasteiger partial charge is 0.477 e. The number of allylic oxidation sites excluding steroid dienone is 1.